The first-order valence-electron chi connectivity index (χ1n) is 8.96. The molecule has 0 atom stereocenters. The molecule has 0 bridgehead atoms. The lowest BCUT2D eigenvalue weighted by atomic mass is 10.1. The van der Waals surface area contributed by atoms with Crippen LogP contribution in [0, 0.1) is 13.8 Å². The van der Waals surface area contributed by atoms with Crippen molar-refractivity contribution in [3.8, 4) is 5.75 Å². The molecule has 138 valence electrons. The van der Waals surface area contributed by atoms with Crippen molar-refractivity contribution < 1.29 is 14.3 Å². The zero-order chi connectivity index (χ0) is 18.2. The van der Waals surface area contributed by atoms with Crippen LogP contribution in [-0.4, -0.2) is 67.5 Å². The first kappa shape index (κ1) is 19.2. The monoisotopic (exact) mass is 347 g/mol. The van der Waals surface area contributed by atoms with Gasteiger partial charge >= 0.3 is 0 Å². The minimum Gasteiger partial charge on any atom is -0.493 e. The maximum Gasteiger partial charge on any atom is 0.234 e. The standard InChI is InChI=1S/C19H29N3O3/c1-4-20-18(23)14-21-8-10-22(11-9-21)19(24)7-12-25-17-13-15(2)5-6-16(17)3/h5-6,13H,4,7-12,14H2,1-3H3,(H,20,23). The summed E-state index contributed by atoms with van der Waals surface area (Å²) in [6.45, 7) is 10.2. The quantitative estimate of drug-likeness (QED) is 0.809. The molecule has 1 fully saturated rings. The largest absolute Gasteiger partial charge is 0.493 e. The van der Waals surface area contributed by atoms with Gasteiger partial charge in [-0.2, -0.15) is 0 Å². The number of likely N-dealkylation sites (N-methyl/N-ethyl adjacent to an activating group) is 1. The fourth-order valence-corrected chi connectivity index (χ4v) is 2.88. The highest BCUT2D eigenvalue weighted by Crippen LogP contribution is 2.19. The van der Waals surface area contributed by atoms with E-state index in [2.05, 4.69) is 10.2 Å². The van der Waals surface area contributed by atoms with Crippen molar-refractivity contribution in [1.82, 2.24) is 15.1 Å². The zero-order valence-corrected chi connectivity index (χ0v) is 15.5. The number of nitrogens with one attached hydrogen (secondary N) is 1. The number of benzene rings is 1. The number of piperazine rings is 1. The highest BCUT2D eigenvalue weighted by molar-refractivity contribution is 5.78. The third-order valence-corrected chi connectivity index (χ3v) is 4.38. The summed E-state index contributed by atoms with van der Waals surface area (Å²) in [5.41, 5.74) is 2.23. The Morgan fingerprint density at radius 3 is 2.56 bits per heavy atom. The molecule has 0 spiro atoms. The smallest absolute Gasteiger partial charge is 0.234 e. The second-order valence-corrected chi connectivity index (χ2v) is 6.48. The molecule has 25 heavy (non-hydrogen) atoms. The molecule has 0 saturated carbocycles. The predicted octanol–water partition coefficient (Wildman–Crippen LogP) is 1.35. The minimum absolute atomic E-state index is 0.0456. The normalized spacial score (nSPS) is 15.1. The van der Waals surface area contributed by atoms with Gasteiger partial charge in [-0.15, -0.1) is 0 Å². The number of rotatable bonds is 7. The molecule has 1 aliphatic rings. The Bertz CT molecular complexity index is 596. The third kappa shape index (κ3) is 6.05. The second-order valence-electron chi connectivity index (χ2n) is 6.48. The molecule has 1 aromatic carbocycles. The Labute approximate surface area is 150 Å². The zero-order valence-electron chi connectivity index (χ0n) is 15.5. The Morgan fingerprint density at radius 1 is 1.16 bits per heavy atom. The number of carbonyl (C=O) groups is 2. The van der Waals surface area contributed by atoms with Crippen LogP contribution in [0.5, 0.6) is 5.75 Å². The van der Waals surface area contributed by atoms with Crippen molar-refractivity contribution in [2.45, 2.75) is 27.2 Å². The van der Waals surface area contributed by atoms with Crippen LogP contribution in [0.3, 0.4) is 0 Å². The van der Waals surface area contributed by atoms with Crippen LogP contribution in [-0.2, 0) is 9.59 Å². The van der Waals surface area contributed by atoms with E-state index in [4.69, 9.17) is 4.74 Å². The summed E-state index contributed by atoms with van der Waals surface area (Å²) in [6, 6.07) is 6.08. The van der Waals surface area contributed by atoms with Crippen LogP contribution in [0.25, 0.3) is 0 Å². The lowest BCUT2D eigenvalue weighted by Gasteiger charge is -2.34. The number of carbonyl (C=O) groups excluding carboxylic acids is 2. The predicted molar refractivity (Wildman–Crippen MR) is 97.7 cm³/mol. The summed E-state index contributed by atoms with van der Waals surface area (Å²) in [4.78, 5) is 27.9. The van der Waals surface area contributed by atoms with Crippen molar-refractivity contribution >= 4 is 11.8 Å². The summed E-state index contributed by atoms with van der Waals surface area (Å²) in [6.07, 6.45) is 0.379. The van der Waals surface area contributed by atoms with Crippen molar-refractivity contribution in [2.24, 2.45) is 0 Å². The topological polar surface area (TPSA) is 61.9 Å². The Kier molecular flexibility index (Phi) is 7.25. The minimum atomic E-state index is 0.0456. The van der Waals surface area contributed by atoms with Gasteiger partial charge in [0.25, 0.3) is 0 Å². The number of hydrogen-bond acceptors (Lipinski definition) is 4. The summed E-state index contributed by atoms with van der Waals surface area (Å²) >= 11 is 0. The molecule has 6 heteroatoms. The number of hydrogen-bond donors (Lipinski definition) is 1. The molecule has 1 heterocycles. The van der Waals surface area contributed by atoms with Crippen molar-refractivity contribution in [3.63, 3.8) is 0 Å². The van der Waals surface area contributed by atoms with Crippen molar-refractivity contribution in [1.29, 1.82) is 0 Å². The van der Waals surface area contributed by atoms with E-state index < -0.39 is 0 Å². The Hall–Kier alpha value is -2.08. The van der Waals surface area contributed by atoms with Gasteiger partial charge in [0.2, 0.25) is 11.8 Å². The molecule has 6 nitrogen and oxygen atoms in total. The first-order valence-corrected chi connectivity index (χ1v) is 8.96. The van der Waals surface area contributed by atoms with E-state index in [1.54, 1.807) is 0 Å². The fourth-order valence-electron chi connectivity index (χ4n) is 2.88. The van der Waals surface area contributed by atoms with Gasteiger partial charge in [0.05, 0.1) is 19.6 Å². The number of aryl methyl sites for hydroxylation is 2. The molecule has 2 amide bonds. The highest BCUT2D eigenvalue weighted by Gasteiger charge is 2.22. The van der Waals surface area contributed by atoms with Crippen LogP contribution in [0.4, 0.5) is 0 Å². The average Bonchev–Trinajstić information content (AvgIpc) is 2.58. The summed E-state index contributed by atoms with van der Waals surface area (Å²) in [5, 5.41) is 2.80. The van der Waals surface area contributed by atoms with E-state index in [9.17, 15) is 9.59 Å². The van der Waals surface area contributed by atoms with Crippen LogP contribution in [0.1, 0.15) is 24.5 Å². The van der Waals surface area contributed by atoms with Gasteiger partial charge in [-0.3, -0.25) is 14.5 Å². The van der Waals surface area contributed by atoms with Crippen LogP contribution >= 0.6 is 0 Å². The molecule has 0 aliphatic carbocycles. The summed E-state index contributed by atoms with van der Waals surface area (Å²) in [5.74, 6) is 1.01. The number of nitrogens with zero attached hydrogens (tertiary/aromatic N) is 2. The van der Waals surface area contributed by atoms with E-state index in [1.165, 1.54) is 0 Å². The van der Waals surface area contributed by atoms with Gasteiger partial charge in [-0.1, -0.05) is 12.1 Å². The maximum absolute atomic E-state index is 12.3. The molecule has 1 aliphatic heterocycles. The van der Waals surface area contributed by atoms with E-state index in [0.29, 0.717) is 39.2 Å². The number of ether oxygens (including phenoxy) is 1. The molecule has 1 saturated heterocycles. The fraction of sp³-hybridized carbons (Fsp3) is 0.579. The second kappa shape index (κ2) is 9.42. The molecule has 1 N–H and O–H groups in total. The van der Waals surface area contributed by atoms with Crippen LogP contribution < -0.4 is 10.1 Å². The molecule has 0 unspecified atom stereocenters. The third-order valence-electron chi connectivity index (χ3n) is 4.38. The first-order chi connectivity index (χ1) is 12.0. The molecular weight excluding hydrogens is 318 g/mol. The van der Waals surface area contributed by atoms with E-state index >= 15 is 0 Å². The molecule has 0 aromatic heterocycles. The van der Waals surface area contributed by atoms with Gasteiger partial charge in [-0.05, 0) is 38.0 Å². The summed E-state index contributed by atoms with van der Waals surface area (Å²) in [7, 11) is 0. The van der Waals surface area contributed by atoms with E-state index in [1.807, 2.05) is 43.9 Å². The molecule has 1 aromatic rings. The van der Waals surface area contributed by atoms with E-state index in [-0.39, 0.29) is 11.8 Å². The van der Waals surface area contributed by atoms with Gasteiger partial charge < -0.3 is 15.0 Å². The molecule has 0 radical (unpaired) electrons. The van der Waals surface area contributed by atoms with Crippen molar-refractivity contribution in [3.05, 3.63) is 29.3 Å². The van der Waals surface area contributed by atoms with E-state index in [0.717, 1.165) is 30.0 Å². The van der Waals surface area contributed by atoms with Gasteiger partial charge in [0.15, 0.2) is 0 Å². The SMILES string of the molecule is CCNC(=O)CN1CCN(C(=O)CCOc2cc(C)ccc2C)CC1. The van der Waals surface area contributed by atoms with Crippen LogP contribution in [0.2, 0.25) is 0 Å². The van der Waals surface area contributed by atoms with Gasteiger partial charge in [0.1, 0.15) is 5.75 Å². The Morgan fingerprint density at radius 2 is 1.88 bits per heavy atom. The van der Waals surface area contributed by atoms with Gasteiger partial charge in [-0.25, -0.2) is 0 Å². The Balaban J connectivity index is 1.70. The number of amides is 2. The van der Waals surface area contributed by atoms with Gasteiger partial charge in [0, 0.05) is 32.7 Å². The average molecular weight is 347 g/mol. The maximum atomic E-state index is 12.3. The van der Waals surface area contributed by atoms with Crippen molar-refractivity contribution in [2.75, 3.05) is 45.9 Å². The van der Waals surface area contributed by atoms with Crippen LogP contribution in [0.15, 0.2) is 18.2 Å². The molecular formula is C19H29N3O3. The summed E-state index contributed by atoms with van der Waals surface area (Å²) < 4.78 is 5.77. The highest BCUT2D eigenvalue weighted by atomic mass is 16.5. The molecule has 2 rings (SSSR count). The lowest BCUT2D eigenvalue weighted by molar-refractivity contribution is -0.133. The lowest BCUT2D eigenvalue weighted by Crippen LogP contribution is -2.51.